The highest BCUT2D eigenvalue weighted by molar-refractivity contribution is 14.1. The van der Waals surface area contributed by atoms with Crippen LogP contribution in [0.5, 0.6) is 5.75 Å². The number of benzene rings is 3. The zero-order chi connectivity index (χ0) is 23.5. The molecule has 0 spiro atoms. The third-order valence-electron chi connectivity index (χ3n) is 4.55. The molecule has 0 saturated carbocycles. The van der Waals surface area contributed by atoms with Crippen LogP contribution >= 0.6 is 58.0 Å². The van der Waals surface area contributed by atoms with Gasteiger partial charge in [-0.2, -0.15) is 0 Å². The first-order chi connectivity index (χ1) is 15.8. The molecule has 0 fully saturated rings. The number of hydrogen-bond acceptors (Lipinski definition) is 5. The van der Waals surface area contributed by atoms with Crippen LogP contribution in [0.4, 0.5) is 5.69 Å². The van der Waals surface area contributed by atoms with Crippen molar-refractivity contribution in [1.29, 1.82) is 0 Å². The number of aryl methyl sites for hydroxylation is 1. The van der Waals surface area contributed by atoms with Gasteiger partial charge in [0.1, 0.15) is 11.3 Å². The van der Waals surface area contributed by atoms with Crippen molar-refractivity contribution in [2.24, 2.45) is 0 Å². The summed E-state index contributed by atoms with van der Waals surface area (Å²) in [4.78, 5) is 16.7. The van der Waals surface area contributed by atoms with Gasteiger partial charge in [-0.25, -0.2) is 4.98 Å². The molecule has 10 heteroatoms. The molecule has 0 aliphatic carbocycles. The first kappa shape index (κ1) is 23.7. The zero-order valence-corrected chi connectivity index (χ0v) is 21.6. The maximum atomic E-state index is 12.2. The molecule has 6 nitrogen and oxygen atoms in total. The van der Waals surface area contributed by atoms with E-state index in [1.54, 1.807) is 42.5 Å². The van der Waals surface area contributed by atoms with Crippen molar-refractivity contribution in [3.63, 3.8) is 0 Å². The van der Waals surface area contributed by atoms with Crippen LogP contribution in [0.1, 0.15) is 5.56 Å². The molecule has 1 aromatic heterocycles. The lowest BCUT2D eigenvalue weighted by Gasteiger charge is -2.11. The van der Waals surface area contributed by atoms with Crippen LogP contribution in [0.2, 0.25) is 10.0 Å². The third kappa shape index (κ3) is 5.94. The molecule has 33 heavy (non-hydrogen) atoms. The van der Waals surface area contributed by atoms with Gasteiger partial charge in [-0.15, -0.1) is 0 Å². The van der Waals surface area contributed by atoms with Crippen molar-refractivity contribution >= 4 is 85.8 Å². The van der Waals surface area contributed by atoms with Crippen molar-refractivity contribution in [1.82, 2.24) is 10.3 Å². The second kappa shape index (κ2) is 10.3. The molecule has 0 atom stereocenters. The fraction of sp³-hybridized carbons (Fsp3) is 0.0870. The Morgan fingerprint density at radius 1 is 1.15 bits per heavy atom. The van der Waals surface area contributed by atoms with Gasteiger partial charge in [0.05, 0.1) is 10.6 Å². The number of oxazole rings is 1. The summed E-state index contributed by atoms with van der Waals surface area (Å²) >= 11 is 19.7. The van der Waals surface area contributed by atoms with E-state index in [4.69, 9.17) is 44.6 Å². The van der Waals surface area contributed by atoms with Crippen molar-refractivity contribution < 1.29 is 13.9 Å². The first-order valence-corrected chi connectivity index (χ1v) is 11.9. The molecule has 0 radical (unpaired) electrons. The Morgan fingerprint density at radius 3 is 2.76 bits per heavy atom. The van der Waals surface area contributed by atoms with E-state index in [9.17, 15) is 4.79 Å². The monoisotopic (exact) mass is 611 g/mol. The van der Waals surface area contributed by atoms with Gasteiger partial charge in [0.25, 0.3) is 5.91 Å². The van der Waals surface area contributed by atoms with Crippen molar-refractivity contribution in [3.05, 3.63) is 73.8 Å². The van der Waals surface area contributed by atoms with Crippen molar-refractivity contribution in [2.45, 2.75) is 6.92 Å². The maximum absolute atomic E-state index is 12.2. The van der Waals surface area contributed by atoms with Gasteiger partial charge in [0, 0.05) is 14.3 Å². The largest absolute Gasteiger partial charge is 0.483 e. The van der Waals surface area contributed by atoms with E-state index in [0.29, 0.717) is 44.0 Å². The topological polar surface area (TPSA) is 76.4 Å². The Hall–Kier alpha value is -2.40. The number of halogens is 3. The quantitative estimate of drug-likeness (QED) is 0.195. The number of nitrogens with one attached hydrogen (secondary N) is 2. The fourth-order valence-electron chi connectivity index (χ4n) is 3.02. The lowest BCUT2D eigenvalue weighted by atomic mass is 10.2. The Labute approximate surface area is 218 Å². The molecule has 0 bridgehead atoms. The maximum Gasteiger partial charge on any atom is 0.264 e. The minimum absolute atomic E-state index is 0.139. The second-order valence-electron chi connectivity index (χ2n) is 7.03. The predicted octanol–water partition coefficient (Wildman–Crippen LogP) is 6.61. The number of ether oxygens (including phenoxy) is 1. The lowest BCUT2D eigenvalue weighted by Crippen LogP contribution is -2.37. The van der Waals surface area contributed by atoms with E-state index in [1.807, 2.05) is 19.1 Å². The molecule has 2 N–H and O–H groups in total. The first-order valence-electron chi connectivity index (χ1n) is 9.64. The molecule has 4 aromatic rings. The Kier molecular flexibility index (Phi) is 7.38. The number of rotatable bonds is 5. The highest BCUT2D eigenvalue weighted by atomic mass is 127. The molecule has 0 unspecified atom stereocenters. The molecular weight excluding hydrogens is 596 g/mol. The summed E-state index contributed by atoms with van der Waals surface area (Å²) in [5.41, 5.74) is 3.43. The molecule has 1 amide bonds. The molecule has 4 rings (SSSR count). The normalized spacial score (nSPS) is 10.8. The molecule has 0 aliphatic heterocycles. The average molecular weight is 612 g/mol. The standard InChI is InChI=1S/C23H16Cl2IN3O3S/c1-12-8-13(24)2-6-19(12)31-11-21(30)29-23(33)27-15-4-7-20-18(10-15)28-22(32-20)16-9-14(26)3-5-17(16)25/h2-10H,11H2,1H3,(H2,27,29,30,33). The lowest BCUT2D eigenvalue weighted by molar-refractivity contribution is -0.121. The van der Waals surface area contributed by atoms with E-state index in [0.717, 1.165) is 9.13 Å². The smallest absolute Gasteiger partial charge is 0.264 e. The van der Waals surface area contributed by atoms with E-state index in [-0.39, 0.29) is 17.6 Å². The Balaban J connectivity index is 1.39. The molecule has 3 aromatic carbocycles. The van der Waals surface area contributed by atoms with E-state index >= 15 is 0 Å². The van der Waals surface area contributed by atoms with Crippen LogP contribution in [0.25, 0.3) is 22.6 Å². The summed E-state index contributed by atoms with van der Waals surface area (Å²) in [5, 5.41) is 6.86. The number of nitrogens with zero attached hydrogens (tertiary/aromatic N) is 1. The van der Waals surface area contributed by atoms with Crippen LogP contribution in [-0.2, 0) is 4.79 Å². The van der Waals surface area contributed by atoms with Crippen LogP contribution in [0.15, 0.2) is 59.0 Å². The van der Waals surface area contributed by atoms with Gasteiger partial charge >= 0.3 is 0 Å². The zero-order valence-electron chi connectivity index (χ0n) is 17.1. The highest BCUT2D eigenvalue weighted by Gasteiger charge is 2.13. The minimum Gasteiger partial charge on any atom is -0.483 e. The average Bonchev–Trinajstić information content (AvgIpc) is 3.18. The molecule has 168 valence electrons. The summed E-state index contributed by atoms with van der Waals surface area (Å²) in [6, 6.07) is 16.1. The number of amides is 1. The van der Waals surface area contributed by atoms with Gasteiger partial charge < -0.3 is 14.5 Å². The Morgan fingerprint density at radius 2 is 1.97 bits per heavy atom. The van der Waals surface area contributed by atoms with Crippen LogP contribution < -0.4 is 15.4 Å². The van der Waals surface area contributed by atoms with Gasteiger partial charge in [0.2, 0.25) is 5.89 Å². The van der Waals surface area contributed by atoms with Gasteiger partial charge in [-0.1, -0.05) is 23.2 Å². The minimum atomic E-state index is -0.389. The number of hydrogen-bond donors (Lipinski definition) is 2. The number of carbonyl (C=O) groups is 1. The second-order valence-corrected chi connectivity index (χ2v) is 9.52. The summed E-state index contributed by atoms with van der Waals surface area (Å²) < 4.78 is 12.4. The third-order valence-corrected chi connectivity index (χ3v) is 5.99. The summed E-state index contributed by atoms with van der Waals surface area (Å²) in [6.07, 6.45) is 0. The van der Waals surface area contributed by atoms with Crippen LogP contribution in [0.3, 0.4) is 0 Å². The van der Waals surface area contributed by atoms with E-state index in [2.05, 4.69) is 38.2 Å². The van der Waals surface area contributed by atoms with Gasteiger partial charge in [0.15, 0.2) is 17.3 Å². The van der Waals surface area contributed by atoms with Crippen molar-refractivity contribution in [3.8, 4) is 17.2 Å². The summed E-state index contributed by atoms with van der Waals surface area (Å²) in [6.45, 7) is 1.66. The van der Waals surface area contributed by atoms with E-state index < -0.39 is 0 Å². The molecular formula is C23H16Cl2IN3O3S. The fourth-order valence-corrected chi connectivity index (χ4v) is 4.17. The van der Waals surface area contributed by atoms with Crippen molar-refractivity contribution in [2.75, 3.05) is 11.9 Å². The molecule has 1 heterocycles. The highest BCUT2D eigenvalue weighted by Crippen LogP contribution is 2.32. The number of anilines is 1. The number of thiocarbonyl (C=S) groups is 1. The van der Waals surface area contributed by atoms with Gasteiger partial charge in [-0.3, -0.25) is 10.1 Å². The Bertz CT molecular complexity index is 1380. The number of carbonyl (C=O) groups excluding carboxylic acids is 1. The SMILES string of the molecule is Cc1cc(Cl)ccc1OCC(=O)NC(=S)Nc1ccc2oc(-c3cc(I)ccc3Cl)nc2c1. The number of aromatic nitrogens is 1. The van der Waals surface area contributed by atoms with E-state index in [1.165, 1.54) is 0 Å². The van der Waals surface area contributed by atoms with Gasteiger partial charge in [-0.05, 0) is 102 Å². The number of fused-ring (bicyclic) bond motifs is 1. The molecule has 0 saturated heterocycles. The summed E-state index contributed by atoms with van der Waals surface area (Å²) in [5.74, 6) is 0.616. The summed E-state index contributed by atoms with van der Waals surface area (Å²) in [7, 11) is 0. The predicted molar refractivity (Wildman–Crippen MR) is 143 cm³/mol. The van der Waals surface area contributed by atoms with Crippen LogP contribution in [-0.4, -0.2) is 22.6 Å². The molecule has 0 aliphatic rings. The van der Waals surface area contributed by atoms with Crippen LogP contribution in [0, 0.1) is 10.5 Å².